The molecule has 0 spiro atoms. The van der Waals surface area contributed by atoms with Gasteiger partial charge in [-0.2, -0.15) is 13.2 Å². The van der Waals surface area contributed by atoms with Crippen LogP contribution in [0.25, 0.3) is 11.1 Å². The zero-order valence-corrected chi connectivity index (χ0v) is 11.3. The molecule has 5 heteroatoms. The Morgan fingerprint density at radius 2 is 1.43 bits per heavy atom. The summed E-state index contributed by atoms with van der Waals surface area (Å²) in [5.41, 5.74) is 1.59. The van der Waals surface area contributed by atoms with Crippen LogP contribution in [0.1, 0.15) is 11.1 Å². The van der Waals surface area contributed by atoms with E-state index >= 15 is 0 Å². The zero-order valence-electron chi connectivity index (χ0n) is 11.3. The summed E-state index contributed by atoms with van der Waals surface area (Å²) in [5, 5.41) is 0. The van der Waals surface area contributed by atoms with Crippen molar-refractivity contribution in [1.29, 1.82) is 0 Å². The summed E-state index contributed by atoms with van der Waals surface area (Å²) in [5.74, 6) is -0.336. The molecule has 2 rings (SSSR count). The lowest BCUT2D eigenvalue weighted by Gasteiger charge is -2.08. The van der Waals surface area contributed by atoms with Gasteiger partial charge >= 0.3 is 12.1 Å². The third-order valence-corrected chi connectivity index (χ3v) is 3.08. The fraction of sp³-hybridized carbons (Fsp3) is 0.188. The van der Waals surface area contributed by atoms with E-state index in [4.69, 9.17) is 0 Å². The number of alkyl halides is 3. The highest BCUT2D eigenvalue weighted by Gasteiger charge is 2.29. The van der Waals surface area contributed by atoms with Gasteiger partial charge in [0.1, 0.15) is 0 Å². The van der Waals surface area contributed by atoms with Gasteiger partial charge in [-0.25, -0.2) is 0 Å². The van der Waals surface area contributed by atoms with Crippen molar-refractivity contribution in [2.45, 2.75) is 12.6 Å². The van der Waals surface area contributed by atoms with Gasteiger partial charge in [0.2, 0.25) is 0 Å². The van der Waals surface area contributed by atoms with Crippen molar-refractivity contribution in [3.63, 3.8) is 0 Å². The summed E-state index contributed by atoms with van der Waals surface area (Å²) < 4.78 is 42.0. The maximum Gasteiger partial charge on any atom is 0.416 e. The molecule has 0 aliphatic carbocycles. The Morgan fingerprint density at radius 3 is 1.86 bits per heavy atom. The molecule has 0 heterocycles. The predicted molar refractivity (Wildman–Crippen MR) is 72.6 cm³/mol. The van der Waals surface area contributed by atoms with Crippen LogP contribution in [0.3, 0.4) is 0 Å². The first kappa shape index (κ1) is 15.1. The molecular formula is C16H13F3O2. The van der Waals surface area contributed by atoms with Gasteiger partial charge in [-0.3, -0.25) is 4.79 Å². The van der Waals surface area contributed by atoms with Crippen molar-refractivity contribution < 1.29 is 22.7 Å². The highest BCUT2D eigenvalue weighted by Crippen LogP contribution is 2.31. The summed E-state index contributed by atoms with van der Waals surface area (Å²) in [6, 6.07) is 12.0. The van der Waals surface area contributed by atoms with Crippen LogP contribution in [-0.2, 0) is 22.1 Å². The minimum absolute atomic E-state index is 0.170. The molecule has 0 unspecified atom stereocenters. The van der Waals surface area contributed by atoms with Crippen molar-refractivity contribution in [2.24, 2.45) is 0 Å². The molecular weight excluding hydrogens is 281 g/mol. The van der Waals surface area contributed by atoms with Gasteiger partial charge in [-0.05, 0) is 28.8 Å². The smallest absolute Gasteiger partial charge is 0.416 e. The van der Waals surface area contributed by atoms with Gasteiger partial charge in [0, 0.05) is 0 Å². The van der Waals surface area contributed by atoms with E-state index < -0.39 is 11.7 Å². The number of hydrogen-bond donors (Lipinski definition) is 0. The third-order valence-electron chi connectivity index (χ3n) is 3.08. The second-order valence-corrected chi connectivity index (χ2v) is 4.52. The maximum atomic E-state index is 12.5. The lowest BCUT2D eigenvalue weighted by atomic mass is 10.0. The molecule has 0 atom stereocenters. The fourth-order valence-corrected chi connectivity index (χ4v) is 1.91. The minimum Gasteiger partial charge on any atom is -0.469 e. The van der Waals surface area contributed by atoms with Gasteiger partial charge in [0.25, 0.3) is 0 Å². The van der Waals surface area contributed by atoms with E-state index in [1.807, 2.05) is 0 Å². The molecule has 2 aromatic carbocycles. The molecule has 21 heavy (non-hydrogen) atoms. The Labute approximate surface area is 120 Å². The first-order chi connectivity index (χ1) is 9.90. The van der Waals surface area contributed by atoms with Crippen LogP contribution < -0.4 is 0 Å². The minimum atomic E-state index is -4.33. The van der Waals surface area contributed by atoms with Crippen LogP contribution in [-0.4, -0.2) is 13.1 Å². The van der Waals surface area contributed by atoms with Crippen LogP contribution in [0.2, 0.25) is 0 Å². The van der Waals surface area contributed by atoms with Gasteiger partial charge in [-0.15, -0.1) is 0 Å². The van der Waals surface area contributed by atoms with Crippen molar-refractivity contribution in [1.82, 2.24) is 0 Å². The fourth-order valence-electron chi connectivity index (χ4n) is 1.91. The largest absolute Gasteiger partial charge is 0.469 e. The van der Waals surface area contributed by atoms with Crippen LogP contribution in [0, 0.1) is 0 Å². The number of halogens is 3. The molecule has 0 saturated carbocycles. The SMILES string of the molecule is COC(=O)Cc1ccc(-c2ccc(C(F)(F)F)cc2)cc1. The molecule has 0 bridgehead atoms. The summed E-state index contributed by atoms with van der Waals surface area (Å²) in [6.07, 6.45) is -4.16. The Hall–Kier alpha value is -2.30. The maximum absolute atomic E-state index is 12.5. The number of hydrogen-bond acceptors (Lipinski definition) is 2. The van der Waals surface area contributed by atoms with Crippen LogP contribution in [0.15, 0.2) is 48.5 Å². The Bertz CT molecular complexity index is 613. The van der Waals surface area contributed by atoms with Crippen LogP contribution in [0.5, 0.6) is 0 Å². The second-order valence-electron chi connectivity index (χ2n) is 4.52. The van der Waals surface area contributed by atoms with Gasteiger partial charge in [0.05, 0.1) is 19.1 Å². The van der Waals surface area contributed by atoms with E-state index in [0.29, 0.717) is 5.56 Å². The van der Waals surface area contributed by atoms with E-state index in [9.17, 15) is 18.0 Å². The van der Waals surface area contributed by atoms with Gasteiger partial charge < -0.3 is 4.74 Å². The molecule has 2 aromatic rings. The monoisotopic (exact) mass is 294 g/mol. The number of ether oxygens (including phenoxy) is 1. The van der Waals surface area contributed by atoms with E-state index in [1.54, 1.807) is 24.3 Å². The van der Waals surface area contributed by atoms with Crippen LogP contribution in [0.4, 0.5) is 13.2 Å². The lowest BCUT2D eigenvalue weighted by molar-refractivity contribution is -0.140. The number of carbonyl (C=O) groups excluding carboxylic acids is 1. The Morgan fingerprint density at radius 1 is 0.952 bits per heavy atom. The number of rotatable bonds is 3. The average Bonchev–Trinajstić information content (AvgIpc) is 2.47. The van der Waals surface area contributed by atoms with Crippen LogP contribution >= 0.6 is 0 Å². The zero-order chi connectivity index (χ0) is 15.5. The summed E-state index contributed by atoms with van der Waals surface area (Å²) >= 11 is 0. The normalized spacial score (nSPS) is 11.2. The topological polar surface area (TPSA) is 26.3 Å². The molecule has 0 aliphatic rings. The highest BCUT2D eigenvalue weighted by atomic mass is 19.4. The second kappa shape index (κ2) is 5.99. The predicted octanol–water partition coefficient (Wildman–Crippen LogP) is 4.09. The van der Waals surface area contributed by atoms with E-state index in [2.05, 4.69) is 4.74 Å². The molecule has 0 amide bonds. The molecule has 2 nitrogen and oxygen atoms in total. The molecule has 0 N–H and O–H groups in total. The van der Waals surface area contributed by atoms with E-state index in [0.717, 1.165) is 23.3 Å². The van der Waals surface area contributed by atoms with Gasteiger partial charge in [0.15, 0.2) is 0 Å². The van der Waals surface area contributed by atoms with Crippen molar-refractivity contribution >= 4 is 5.97 Å². The first-order valence-electron chi connectivity index (χ1n) is 6.23. The average molecular weight is 294 g/mol. The van der Waals surface area contributed by atoms with Gasteiger partial charge in [-0.1, -0.05) is 36.4 Å². The summed E-state index contributed by atoms with van der Waals surface area (Å²) in [4.78, 5) is 11.1. The summed E-state index contributed by atoms with van der Waals surface area (Å²) in [6.45, 7) is 0. The van der Waals surface area contributed by atoms with E-state index in [-0.39, 0.29) is 12.4 Å². The number of methoxy groups -OCH3 is 1. The van der Waals surface area contributed by atoms with E-state index in [1.165, 1.54) is 19.2 Å². The molecule has 0 radical (unpaired) electrons. The standard InChI is InChI=1S/C16H13F3O2/c1-21-15(20)10-11-2-4-12(5-3-11)13-6-8-14(9-7-13)16(17,18)19/h2-9H,10H2,1H3. The Balaban J connectivity index is 2.17. The first-order valence-corrected chi connectivity index (χ1v) is 6.23. The molecule has 110 valence electrons. The number of carbonyl (C=O) groups is 1. The summed E-state index contributed by atoms with van der Waals surface area (Å²) in [7, 11) is 1.32. The lowest BCUT2D eigenvalue weighted by Crippen LogP contribution is -2.04. The quantitative estimate of drug-likeness (QED) is 0.797. The van der Waals surface area contributed by atoms with Crippen molar-refractivity contribution in [2.75, 3.05) is 7.11 Å². The number of esters is 1. The molecule has 0 aliphatic heterocycles. The molecule has 0 aromatic heterocycles. The number of benzene rings is 2. The highest BCUT2D eigenvalue weighted by molar-refractivity contribution is 5.73. The van der Waals surface area contributed by atoms with Crippen molar-refractivity contribution in [3.8, 4) is 11.1 Å². The molecule has 0 saturated heterocycles. The third kappa shape index (κ3) is 3.84. The Kier molecular flexibility index (Phi) is 4.31. The molecule has 0 fully saturated rings. The van der Waals surface area contributed by atoms with Crippen molar-refractivity contribution in [3.05, 3.63) is 59.7 Å².